The van der Waals surface area contributed by atoms with Gasteiger partial charge in [-0.25, -0.2) is 0 Å². The molecule has 0 spiro atoms. The Morgan fingerprint density at radius 2 is 1.83 bits per heavy atom. The zero-order valence-corrected chi connectivity index (χ0v) is 11.4. The van der Waals surface area contributed by atoms with Crippen LogP contribution >= 0.6 is 0 Å². The van der Waals surface area contributed by atoms with Crippen LogP contribution < -0.4 is 10.5 Å². The number of carbonyl (C=O) groups is 1. The molecule has 0 bridgehead atoms. The number of hydrogen-bond acceptors (Lipinski definition) is 3. The number of methoxy groups -OCH3 is 1. The molecule has 2 rings (SSSR count). The van der Waals surface area contributed by atoms with Gasteiger partial charge in [-0.2, -0.15) is 0 Å². The molecule has 0 atom stereocenters. The second-order valence-corrected chi connectivity index (χ2v) is 5.33. The molecule has 1 fully saturated rings. The summed E-state index contributed by atoms with van der Waals surface area (Å²) in [7, 11) is 1.64. The molecule has 1 aromatic rings. The molecule has 3 nitrogen and oxygen atoms in total. The normalized spacial score (nSPS) is 17.8. The van der Waals surface area contributed by atoms with Gasteiger partial charge in [-0.3, -0.25) is 4.79 Å². The van der Waals surface area contributed by atoms with Crippen LogP contribution in [0.15, 0.2) is 12.1 Å². The first kappa shape index (κ1) is 13.1. The van der Waals surface area contributed by atoms with Crippen molar-refractivity contribution in [3.63, 3.8) is 0 Å². The highest BCUT2D eigenvalue weighted by molar-refractivity contribution is 6.04. The minimum Gasteiger partial charge on any atom is -0.496 e. The number of carbonyl (C=O) groups excluding carboxylic acids is 1. The zero-order valence-electron chi connectivity index (χ0n) is 11.4. The lowest BCUT2D eigenvalue weighted by molar-refractivity contribution is 0.0891. The summed E-state index contributed by atoms with van der Waals surface area (Å²) in [6.45, 7) is 3.89. The number of ether oxygens (including phenoxy) is 1. The highest BCUT2D eigenvalue weighted by Gasteiger charge is 2.38. The summed E-state index contributed by atoms with van der Waals surface area (Å²) in [5, 5.41) is 0. The molecule has 1 aliphatic rings. The predicted molar refractivity (Wildman–Crippen MR) is 72.2 cm³/mol. The van der Waals surface area contributed by atoms with E-state index in [2.05, 4.69) is 0 Å². The SMILES string of the molecule is COc1cc(C)c(C(=O)C2(N)CCCC2)cc1C. The average molecular weight is 247 g/mol. The number of ketones is 1. The molecule has 0 saturated heterocycles. The summed E-state index contributed by atoms with van der Waals surface area (Å²) >= 11 is 0. The van der Waals surface area contributed by atoms with E-state index >= 15 is 0 Å². The molecule has 3 heteroatoms. The number of aryl methyl sites for hydroxylation is 2. The molecule has 1 saturated carbocycles. The van der Waals surface area contributed by atoms with Gasteiger partial charge in [0.2, 0.25) is 0 Å². The smallest absolute Gasteiger partial charge is 0.182 e. The van der Waals surface area contributed by atoms with Gasteiger partial charge in [0.05, 0.1) is 12.6 Å². The topological polar surface area (TPSA) is 52.3 Å². The standard InChI is InChI=1S/C15H21NO2/c1-10-9-13(18-3)11(2)8-12(10)14(17)15(16)6-4-5-7-15/h8-9H,4-7,16H2,1-3H3. The van der Waals surface area contributed by atoms with Crippen LogP contribution in [0.2, 0.25) is 0 Å². The zero-order chi connectivity index (χ0) is 13.3. The van der Waals surface area contributed by atoms with E-state index in [9.17, 15) is 4.79 Å². The van der Waals surface area contributed by atoms with E-state index in [0.717, 1.165) is 48.1 Å². The van der Waals surface area contributed by atoms with Crippen molar-refractivity contribution in [1.29, 1.82) is 0 Å². The van der Waals surface area contributed by atoms with Gasteiger partial charge >= 0.3 is 0 Å². The van der Waals surface area contributed by atoms with Crippen molar-refractivity contribution >= 4 is 5.78 Å². The fourth-order valence-corrected chi connectivity index (χ4v) is 2.76. The maximum absolute atomic E-state index is 12.6. The summed E-state index contributed by atoms with van der Waals surface area (Å²) in [6, 6.07) is 3.82. The van der Waals surface area contributed by atoms with Crippen molar-refractivity contribution in [3.05, 3.63) is 28.8 Å². The maximum atomic E-state index is 12.6. The van der Waals surface area contributed by atoms with Gasteiger partial charge in [0, 0.05) is 5.56 Å². The largest absolute Gasteiger partial charge is 0.496 e. The molecule has 0 radical (unpaired) electrons. The highest BCUT2D eigenvalue weighted by Crippen LogP contribution is 2.32. The highest BCUT2D eigenvalue weighted by atomic mass is 16.5. The van der Waals surface area contributed by atoms with Crippen LogP contribution in [0, 0.1) is 13.8 Å². The fourth-order valence-electron chi connectivity index (χ4n) is 2.76. The summed E-state index contributed by atoms with van der Waals surface area (Å²) in [4.78, 5) is 12.6. The predicted octanol–water partition coefficient (Wildman–Crippen LogP) is 2.77. The Morgan fingerprint density at radius 1 is 1.22 bits per heavy atom. The van der Waals surface area contributed by atoms with Crippen molar-refractivity contribution in [2.45, 2.75) is 45.1 Å². The molecule has 2 N–H and O–H groups in total. The Morgan fingerprint density at radius 3 is 2.39 bits per heavy atom. The number of rotatable bonds is 3. The van der Waals surface area contributed by atoms with Crippen LogP contribution in [-0.2, 0) is 0 Å². The number of benzene rings is 1. The van der Waals surface area contributed by atoms with Crippen LogP contribution in [0.5, 0.6) is 5.75 Å². The van der Waals surface area contributed by atoms with Crippen molar-refractivity contribution in [2.24, 2.45) is 5.73 Å². The van der Waals surface area contributed by atoms with Crippen LogP contribution in [0.1, 0.15) is 47.2 Å². The summed E-state index contributed by atoms with van der Waals surface area (Å²) in [6.07, 6.45) is 3.71. The first-order valence-corrected chi connectivity index (χ1v) is 6.47. The molecule has 1 aromatic carbocycles. The van der Waals surface area contributed by atoms with E-state index in [-0.39, 0.29) is 5.78 Å². The van der Waals surface area contributed by atoms with E-state index in [0.29, 0.717) is 0 Å². The molecule has 0 aliphatic heterocycles. The third-order valence-electron chi connectivity index (χ3n) is 3.93. The van der Waals surface area contributed by atoms with Crippen molar-refractivity contribution < 1.29 is 9.53 Å². The molecular weight excluding hydrogens is 226 g/mol. The molecule has 0 aromatic heterocycles. The Bertz CT molecular complexity index is 474. The molecule has 0 heterocycles. The van der Waals surface area contributed by atoms with Crippen molar-refractivity contribution in [3.8, 4) is 5.75 Å². The number of Topliss-reactive ketones (excluding diaryl/α,β-unsaturated/α-hetero) is 1. The Hall–Kier alpha value is -1.35. The third kappa shape index (κ3) is 2.15. The quantitative estimate of drug-likeness (QED) is 0.836. The van der Waals surface area contributed by atoms with Gasteiger partial charge in [-0.05, 0) is 49.9 Å². The summed E-state index contributed by atoms with van der Waals surface area (Å²) < 4.78 is 5.27. The van der Waals surface area contributed by atoms with Gasteiger partial charge in [0.15, 0.2) is 5.78 Å². The molecule has 0 unspecified atom stereocenters. The van der Waals surface area contributed by atoms with Gasteiger partial charge in [0.1, 0.15) is 5.75 Å². The van der Waals surface area contributed by atoms with Crippen molar-refractivity contribution in [2.75, 3.05) is 7.11 Å². The Labute approximate surface area is 108 Å². The van der Waals surface area contributed by atoms with E-state index in [1.165, 1.54) is 0 Å². The average Bonchev–Trinajstić information content (AvgIpc) is 2.79. The lowest BCUT2D eigenvalue weighted by Crippen LogP contribution is -2.45. The Balaban J connectivity index is 2.39. The van der Waals surface area contributed by atoms with Crippen LogP contribution in [-0.4, -0.2) is 18.4 Å². The van der Waals surface area contributed by atoms with Crippen LogP contribution in [0.3, 0.4) is 0 Å². The second-order valence-electron chi connectivity index (χ2n) is 5.33. The van der Waals surface area contributed by atoms with Gasteiger partial charge in [-0.1, -0.05) is 12.8 Å². The van der Waals surface area contributed by atoms with E-state index in [4.69, 9.17) is 10.5 Å². The first-order valence-electron chi connectivity index (χ1n) is 6.47. The van der Waals surface area contributed by atoms with Gasteiger partial charge < -0.3 is 10.5 Å². The van der Waals surface area contributed by atoms with Crippen LogP contribution in [0.4, 0.5) is 0 Å². The van der Waals surface area contributed by atoms with Gasteiger partial charge in [-0.15, -0.1) is 0 Å². The number of nitrogens with two attached hydrogens (primary N) is 1. The van der Waals surface area contributed by atoms with Crippen LogP contribution in [0.25, 0.3) is 0 Å². The Kier molecular flexibility index (Phi) is 3.44. The lowest BCUT2D eigenvalue weighted by Gasteiger charge is -2.23. The third-order valence-corrected chi connectivity index (χ3v) is 3.93. The monoisotopic (exact) mass is 247 g/mol. The van der Waals surface area contributed by atoms with E-state index in [1.54, 1.807) is 7.11 Å². The van der Waals surface area contributed by atoms with E-state index < -0.39 is 5.54 Å². The van der Waals surface area contributed by atoms with Gasteiger partial charge in [0.25, 0.3) is 0 Å². The maximum Gasteiger partial charge on any atom is 0.182 e. The van der Waals surface area contributed by atoms with Crippen molar-refractivity contribution in [1.82, 2.24) is 0 Å². The molecular formula is C15H21NO2. The first-order chi connectivity index (χ1) is 8.48. The lowest BCUT2D eigenvalue weighted by atomic mass is 9.86. The molecule has 0 amide bonds. The molecule has 18 heavy (non-hydrogen) atoms. The minimum absolute atomic E-state index is 0.0863. The fraction of sp³-hybridized carbons (Fsp3) is 0.533. The summed E-state index contributed by atoms with van der Waals surface area (Å²) in [5.74, 6) is 0.907. The minimum atomic E-state index is -0.647. The molecule has 98 valence electrons. The summed E-state index contributed by atoms with van der Waals surface area (Å²) in [5.41, 5.74) is 8.27. The molecule has 1 aliphatic carbocycles. The van der Waals surface area contributed by atoms with E-state index in [1.807, 2.05) is 26.0 Å². The second kappa shape index (κ2) is 4.73. The number of hydrogen-bond donors (Lipinski definition) is 1.